The van der Waals surface area contributed by atoms with Gasteiger partial charge in [0.05, 0.1) is 6.54 Å². The van der Waals surface area contributed by atoms with Gasteiger partial charge in [0.1, 0.15) is 0 Å². The maximum atomic E-state index is 11.9. The van der Waals surface area contributed by atoms with E-state index in [0.717, 1.165) is 25.9 Å². The molecule has 0 aromatic carbocycles. The molecule has 100 valence electrons. The standard InChI is InChI=1S/C13H27N3O/c1-5-13(3,4)15-12(17)9-16-8-11(7-14)6-10(16)2/h10-11H,5-9,14H2,1-4H3,(H,15,17). The summed E-state index contributed by atoms with van der Waals surface area (Å²) in [6.45, 7) is 10.6. The van der Waals surface area contributed by atoms with Gasteiger partial charge in [-0.1, -0.05) is 6.92 Å². The molecule has 2 unspecified atom stereocenters. The average molecular weight is 241 g/mol. The van der Waals surface area contributed by atoms with Crippen LogP contribution in [0.3, 0.4) is 0 Å². The van der Waals surface area contributed by atoms with Crippen LogP contribution in [0.1, 0.15) is 40.5 Å². The van der Waals surface area contributed by atoms with Crippen molar-refractivity contribution in [1.82, 2.24) is 10.2 Å². The lowest BCUT2D eigenvalue weighted by Crippen LogP contribution is -2.48. The van der Waals surface area contributed by atoms with Crippen LogP contribution >= 0.6 is 0 Å². The van der Waals surface area contributed by atoms with Crippen LogP contribution in [0.4, 0.5) is 0 Å². The first-order chi connectivity index (χ1) is 7.88. The molecule has 3 N–H and O–H groups in total. The highest BCUT2D eigenvalue weighted by Gasteiger charge is 2.30. The molecule has 0 saturated carbocycles. The van der Waals surface area contributed by atoms with Crippen molar-refractivity contribution >= 4 is 5.91 Å². The molecule has 0 spiro atoms. The van der Waals surface area contributed by atoms with Crippen molar-refractivity contribution in [3.8, 4) is 0 Å². The maximum absolute atomic E-state index is 11.9. The molecule has 1 rings (SSSR count). The van der Waals surface area contributed by atoms with E-state index in [0.29, 0.717) is 18.5 Å². The Balaban J connectivity index is 2.42. The summed E-state index contributed by atoms with van der Waals surface area (Å²) in [5.41, 5.74) is 5.58. The summed E-state index contributed by atoms with van der Waals surface area (Å²) in [6, 6.07) is 0.471. The molecule has 0 aliphatic carbocycles. The van der Waals surface area contributed by atoms with Crippen molar-refractivity contribution in [2.75, 3.05) is 19.6 Å². The van der Waals surface area contributed by atoms with Crippen molar-refractivity contribution in [3.05, 3.63) is 0 Å². The fraction of sp³-hybridized carbons (Fsp3) is 0.923. The predicted octanol–water partition coefficient (Wildman–Crippen LogP) is 0.960. The second kappa shape index (κ2) is 5.83. The van der Waals surface area contributed by atoms with Crippen LogP contribution in [-0.4, -0.2) is 42.0 Å². The van der Waals surface area contributed by atoms with Gasteiger partial charge >= 0.3 is 0 Å². The Morgan fingerprint density at radius 3 is 2.65 bits per heavy atom. The van der Waals surface area contributed by atoms with E-state index in [2.05, 4.69) is 37.9 Å². The van der Waals surface area contributed by atoms with Gasteiger partial charge < -0.3 is 11.1 Å². The molecule has 1 fully saturated rings. The zero-order valence-electron chi connectivity index (χ0n) is 11.6. The largest absolute Gasteiger partial charge is 0.350 e. The van der Waals surface area contributed by atoms with Gasteiger partial charge in [0.25, 0.3) is 0 Å². The van der Waals surface area contributed by atoms with Gasteiger partial charge in [-0.25, -0.2) is 0 Å². The first kappa shape index (κ1) is 14.5. The van der Waals surface area contributed by atoms with Crippen molar-refractivity contribution in [2.24, 2.45) is 11.7 Å². The molecule has 17 heavy (non-hydrogen) atoms. The minimum absolute atomic E-state index is 0.104. The van der Waals surface area contributed by atoms with Crippen LogP contribution in [0.2, 0.25) is 0 Å². The summed E-state index contributed by atoms with van der Waals surface area (Å²) in [5.74, 6) is 0.679. The molecule has 4 nitrogen and oxygen atoms in total. The highest BCUT2D eigenvalue weighted by atomic mass is 16.2. The first-order valence-electron chi connectivity index (χ1n) is 6.63. The number of nitrogens with two attached hydrogens (primary N) is 1. The Kier molecular flexibility index (Phi) is 4.95. The molecule has 0 aromatic heterocycles. The smallest absolute Gasteiger partial charge is 0.234 e. The zero-order valence-corrected chi connectivity index (χ0v) is 11.6. The highest BCUT2D eigenvalue weighted by Crippen LogP contribution is 2.21. The topological polar surface area (TPSA) is 58.4 Å². The van der Waals surface area contributed by atoms with E-state index in [1.54, 1.807) is 0 Å². The van der Waals surface area contributed by atoms with Gasteiger partial charge in [-0.3, -0.25) is 9.69 Å². The van der Waals surface area contributed by atoms with E-state index in [1.807, 2.05) is 0 Å². The maximum Gasteiger partial charge on any atom is 0.234 e. The number of amides is 1. The van der Waals surface area contributed by atoms with Crippen LogP contribution in [0.5, 0.6) is 0 Å². The number of carbonyl (C=O) groups is 1. The minimum atomic E-state index is -0.104. The SMILES string of the molecule is CCC(C)(C)NC(=O)CN1CC(CN)CC1C. The van der Waals surface area contributed by atoms with Crippen LogP contribution in [0, 0.1) is 5.92 Å². The summed E-state index contributed by atoms with van der Waals surface area (Å²) < 4.78 is 0. The summed E-state index contributed by atoms with van der Waals surface area (Å²) >= 11 is 0. The van der Waals surface area contributed by atoms with Crippen molar-refractivity contribution in [3.63, 3.8) is 0 Å². The van der Waals surface area contributed by atoms with Crippen molar-refractivity contribution in [1.29, 1.82) is 0 Å². The number of nitrogens with one attached hydrogen (secondary N) is 1. The highest BCUT2D eigenvalue weighted by molar-refractivity contribution is 5.78. The molecular weight excluding hydrogens is 214 g/mol. The van der Waals surface area contributed by atoms with Gasteiger partial charge in [-0.2, -0.15) is 0 Å². The van der Waals surface area contributed by atoms with E-state index in [4.69, 9.17) is 5.73 Å². The minimum Gasteiger partial charge on any atom is -0.350 e. The number of nitrogens with zero attached hydrogens (tertiary/aromatic N) is 1. The van der Waals surface area contributed by atoms with Gasteiger partial charge in [0, 0.05) is 18.1 Å². The van der Waals surface area contributed by atoms with E-state index < -0.39 is 0 Å². The number of rotatable bonds is 5. The van der Waals surface area contributed by atoms with Crippen molar-refractivity contribution < 1.29 is 4.79 Å². The number of hydrogen-bond donors (Lipinski definition) is 2. The number of likely N-dealkylation sites (tertiary alicyclic amines) is 1. The number of hydrogen-bond acceptors (Lipinski definition) is 3. The molecule has 0 radical (unpaired) electrons. The number of carbonyl (C=O) groups excluding carboxylic acids is 1. The van der Waals surface area contributed by atoms with Gasteiger partial charge in [-0.05, 0) is 46.1 Å². The third kappa shape index (κ3) is 4.28. The molecule has 1 amide bonds. The summed E-state index contributed by atoms with van der Waals surface area (Å²) in [6.07, 6.45) is 2.06. The van der Waals surface area contributed by atoms with Gasteiger partial charge in [-0.15, -0.1) is 0 Å². The van der Waals surface area contributed by atoms with Crippen LogP contribution in [0.25, 0.3) is 0 Å². The van der Waals surface area contributed by atoms with Gasteiger partial charge in [0.15, 0.2) is 0 Å². The Hall–Kier alpha value is -0.610. The first-order valence-corrected chi connectivity index (χ1v) is 6.63. The molecule has 1 aliphatic heterocycles. The lowest BCUT2D eigenvalue weighted by atomic mass is 10.0. The zero-order chi connectivity index (χ0) is 13.1. The van der Waals surface area contributed by atoms with E-state index in [-0.39, 0.29) is 11.4 Å². The predicted molar refractivity (Wildman–Crippen MR) is 70.7 cm³/mol. The van der Waals surface area contributed by atoms with Crippen LogP contribution in [-0.2, 0) is 4.79 Å². The lowest BCUT2D eigenvalue weighted by molar-refractivity contribution is -0.124. The Morgan fingerprint density at radius 1 is 1.53 bits per heavy atom. The normalized spacial score (nSPS) is 26.2. The van der Waals surface area contributed by atoms with Crippen molar-refractivity contribution in [2.45, 2.75) is 52.1 Å². The fourth-order valence-corrected chi connectivity index (χ4v) is 2.30. The van der Waals surface area contributed by atoms with E-state index in [1.165, 1.54) is 0 Å². The Bertz CT molecular complexity index is 265. The van der Waals surface area contributed by atoms with Gasteiger partial charge in [0.2, 0.25) is 5.91 Å². The van der Waals surface area contributed by atoms with E-state index >= 15 is 0 Å². The molecule has 0 aromatic rings. The van der Waals surface area contributed by atoms with Crippen LogP contribution in [0.15, 0.2) is 0 Å². The third-order valence-electron chi connectivity index (χ3n) is 3.83. The summed E-state index contributed by atoms with van der Waals surface area (Å²) in [4.78, 5) is 14.2. The average Bonchev–Trinajstić information content (AvgIpc) is 2.59. The second-order valence-corrected chi connectivity index (χ2v) is 5.90. The molecule has 0 bridgehead atoms. The quantitative estimate of drug-likeness (QED) is 0.754. The Labute approximate surface area is 105 Å². The molecule has 1 heterocycles. The molecular formula is C13H27N3O. The molecule has 1 aliphatic rings. The molecule has 4 heteroatoms. The molecule has 1 saturated heterocycles. The Morgan fingerprint density at radius 2 is 2.18 bits per heavy atom. The molecule has 2 atom stereocenters. The fourth-order valence-electron chi connectivity index (χ4n) is 2.30. The lowest BCUT2D eigenvalue weighted by Gasteiger charge is -2.27. The van der Waals surface area contributed by atoms with E-state index in [9.17, 15) is 4.79 Å². The monoisotopic (exact) mass is 241 g/mol. The summed E-state index contributed by atoms with van der Waals surface area (Å²) in [5, 5.41) is 3.07. The second-order valence-electron chi connectivity index (χ2n) is 5.90. The third-order valence-corrected chi connectivity index (χ3v) is 3.83. The van der Waals surface area contributed by atoms with Crippen LogP contribution < -0.4 is 11.1 Å². The summed E-state index contributed by atoms with van der Waals surface area (Å²) in [7, 11) is 0.